The van der Waals surface area contributed by atoms with Crippen LogP contribution in [0.25, 0.3) is 11.3 Å². The van der Waals surface area contributed by atoms with Gasteiger partial charge in [0.05, 0.1) is 0 Å². The van der Waals surface area contributed by atoms with Crippen molar-refractivity contribution < 1.29 is 9.63 Å². The Morgan fingerprint density at radius 2 is 1.81 bits per heavy atom. The third-order valence-electron chi connectivity index (χ3n) is 2.10. The minimum atomic E-state index is -0.642. The monoisotopic (exact) mass is 345 g/mol. The highest BCUT2D eigenvalue weighted by atomic mass is 79.9. The van der Waals surface area contributed by atoms with Gasteiger partial charge in [-0.15, -0.1) is 0 Å². The summed E-state index contributed by atoms with van der Waals surface area (Å²) in [4.78, 5) is 0. The Morgan fingerprint density at radius 3 is 2.31 bits per heavy atom. The normalized spacial score (nSPS) is 12.8. The number of aromatic nitrogens is 1. The fourth-order valence-electron chi connectivity index (χ4n) is 1.32. The van der Waals surface area contributed by atoms with Gasteiger partial charge in [0.25, 0.3) is 0 Å². The van der Waals surface area contributed by atoms with Gasteiger partial charge in [-0.3, -0.25) is 0 Å². The minimum absolute atomic E-state index is 0.464. The van der Waals surface area contributed by atoms with Gasteiger partial charge in [0.2, 0.25) is 0 Å². The maximum absolute atomic E-state index is 9.34. The second-order valence-corrected chi connectivity index (χ2v) is 5.28. The Kier molecular flexibility index (Phi) is 3.47. The van der Waals surface area contributed by atoms with E-state index in [0.717, 1.165) is 14.5 Å². The molecule has 1 heterocycles. The Hall–Kier alpha value is -0.650. The van der Waals surface area contributed by atoms with Crippen molar-refractivity contribution in [1.82, 2.24) is 5.16 Å². The molecule has 0 amide bonds. The Labute approximate surface area is 110 Å². The summed E-state index contributed by atoms with van der Waals surface area (Å²) in [5, 5.41) is 13.3. The topological polar surface area (TPSA) is 46.3 Å². The van der Waals surface area contributed by atoms with Gasteiger partial charge in [-0.25, -0.2) is 0 Å². The molecule has 0 aliphatic carbocycles. The SMILES string of the molecule is CC(O)c1cc(-c2cc(Br)cc(Br)c2)no1. The molecule has 2 rings (SSSR count). The number of aliphatic hydroxyl groups excluding tert-OH is 1. The lowest BCUT2D eigenvalue weighted by molar-refractivity contribution is 0.158. The maximum atomic E-state index is 9.34. The average molecular weight is 347 g/mol. The molecule has 1 aromatic carbocycles. The molecule has 0 aliphatic rings. The largest absolute Gasteiger partial charge is 0.385 e. The van der Waals surface area contributed by atoms with E-state index in [9.17, 15) is 5.11 Å². The van der Waals surface area contributed by atoms with E-state index in [1.54, 1.807) is 13.0 Å². The first-order valence-corrected chi connectivity index (χ1v) is 6.26. The average Bonchev–Trinajstić information content (AvgIpc) is 2.64. The Balaban J connectivity index is 2.42. The van der Waals surface area contributed by atoms with Gasteiger partial charge < -0.3 is 9.63 Å². The molecule has 0 saturated heterocycles. The highest BCUT2D eigenvalue weighted by Crippen LogP contribution is 2.28. The molecule has 84 valence electrons. The van der Waals surface area contributed by atoms with Gasteiger partial charge in [0, 0.05) is 20.6 Å². The number of halogens is 2. The van der Waals surface area contributed by atoms with Crippen LogP contribution in [0.1, 0.15) is 18.8 Å². The molecule has 0 spiro atoms. The standard InChI is InChI=1S/C11H9Br2NO2/c1-6(15)11-5-10(14-16-11)7-2-8(12)4-9(13)3-7/h2-6,15H,1H3. The minimum Gasteiger partial charge on any atom is -0.385 e. The van der Waals surface area contributed by atoms with Crippen molar-refractivity contribution in [2.45, 2.75) is 13.0 Å². The van der Waals surface area contributed by atoms with Crippen LogP contribution >= 0.6 is 31.9 Å². The molecule has 0 aliphatic heterocycles. The lowest BCUT2D eigenvalue weighted by atomic mass is 10.1. The van der Waals surface area contributed by atoms with Crippen molar-refractivity contribution in [3.05, 3.63) is 39.0 Å². The second-order valence-electron chi connectivity index (χ2n) is 3.45. The van der Waals surface area contributed by atoms with Gasteiger partial charge in [-0.05, 0) is 25.1 Å². The molecule has 0 saturated carbocycles. The maximum Gasteiger partial charge on any atom is 0.165 e. The van der Waals surface area contributed by atoms with E-state index in [2.05, 4.69) is 37.0 Å². The Morgan fingerprint density at radius 1 is 1.19 bits per heavy atom. The third-order valence-corrected chi connectivity index (χ3v) is 3.01. The van der Waals surface area contributed by atoms with Crippen LogP contribution in [0.3, 0.4) is 0 Å². The molecule has 0 fully saturated rings. The fourth-order valence-corrected chi connectivity index (χ4v) is 2.62. The number of benzene rings is 1. The number of aliphatic hydroxyl groups is 1. The van der Waals surface area contributed by atoms with Crippen molar-refractivity contribution in [3.8, 4) is 11.3 Å². The summed E-state index contributed by atoms with van der Waals surface area (Å²) in [5.74, 6) is 0.464. The predicted octanol–water partition coefficient (Wildman–Crippen LogP) is 3.92. The summed E-state index contributed by atoms with van der Waals surface area (Å²) in [5.41, 5.74) is 1.63. The molecular formula is C11H9Br2NO2. The highest BCUT2D eigenvalue weighted by Gasteiger charge is 2.11. The van der Waals surface area contributed by atoms with Crippen molar-refractivity contribution in [3.63, 3.8) is 0 Å². The molecular weight excluding hydrogens is 338 g/mol. The lowest BCUT2D eigenvalue weighted by Gasteiger charge is -1.98. The van der Waals surface area contributed by atoms with Gasteiger partial charge in [0.1, 0.15) is 11.8 Å². The summed E-state index contributed by atoms with van der Waals surface area (Å²) in [6.07, 6.45) is -0.642. The quantitative estimate of drug-likeness (QED) is 0.896. The first-order valence-electron chi connectivity index (χ1n) is 4.67. The summed E-state index contributed by atoms with van der Waals surface area (Å²) in [7, 11) is 0. The smallest absolute Gasteiger partial charge is 0.165 e. The number of nitrogens with zero attached hydrogens (tertiary/aromatic N) is 1. The van der Waals surface area contributed by atoms with Crippen LogP contribution in [0.2, 0.25) is 0 Å². The summed E-state index contributed by atoms with van der Waals surface area (Å²) >= 11 is 6.82. The molecule has 1 aromatic heterocycles. The van der Waals surface area contributed by atoms with Gasteiger partial charge in [-0.2, -0.15) is 0 Å². The molecule has 5 heteroatoms. The van der Waals surface area contributed by atoms with Crippen LogP contribution in [0, 0.1) is 0 Å². The third kappa shape index (κ3) is 2.53. The molecule has 0 radical (unpaired) electrons. The van der Waals surface area contributed by atoms with Gasteiger partial charge in [-0.1, -0.05) is 37.0 Å². The zero-order valence-corrected chi connectivity index (χ0v) is 11.6. The molecule has 16 heavy (non-hydrogen) atoms. The van der Waals surface area contributed by atoms with Crippen molar-refractivity contribution in [1.29, 1.82) is 0 Å². The first kappa shape index (κ1) is 11.8. The van der Waals surface area contributed by atoms with E-state index in [0.29, 0.717) is 11.5 Å². The zero-order valence-electron chi connectivity index (χ0n) is 8.45. The van der Waals surface area contributed by atoms with Crippen molar-refractivity contribution >= 4 is 31.9 Å². The van der Waals surface area contributed by atoms with E-state index in [1.165, 1.54) is 0 Å². The first-order chi connectivity index (χ1) is 7.56. The number of rotatable bonds is 2. The Bertz CT molecular complexity index is 488. The van der Waals surface area contributed by atoms with Gasteiger partial charge in [0.15, 0.2) is 5.76 Å². The van der Waals surface area contributed by atoms with E-state index in [-0.39, 0.29) is 0 Å². The van der Waals surface area contributed by atoms with E-state index in [1.807, 2.05) is 18.2 Å². The van der Waals surface area contributed by atoms with Crippen LogP contribution in [0.15, 0.2) is 37.7 Å². The summed E-state index contributed by atoms with van der Waals surface area (Å²) in [6.45, 7) is 1.64. The molecule has 1 atom stereocenters. The van der Waals surface area contributed by atoms with E-state index in [4.69, 9.17) is 4.52 Å². The second kappa shape index (κ2) is 4.69. The summed E-state index contributed by atoms with van der Waals surface area (Å²) < 4.78 is 6.94. The van der Waals surface area contributed by atoms with Crippen LogP contribution in [0.4, 0.5) is 0 Å². The number of hydrogen-bond acceptors (Lipinski definition) is 3. The predicted molar refractivity (Wildman–Crippen MR) is 68.0 cm³/mol. The molecule has 1 N–H and O–H groups in total. The molecule has 2 aromatic rings. The fraction of sp³-hybridized carbons (Fsp3) is 0.182. The van der Waals surface area contributed by atoms with Gasteiger partial charge >= 0.3 is 0 Å². The van der Waals surface area contributed by atoms with E-state index >= 15 is 0 Å². The van der Waals surface area contributed by atoms with Crippen LogP contribution in [0.5, 0.6) is 0 Å². The van der Waals surface area contributed by atoms with Crippen LogP contribution in [-0.4, -0.2) is 10.3 Å². The van der Waals surface area contributed by atoms with Crippen molar-refractivity contribution in [2.24, 2.45) is 0 Å². The van der Waals surface area contributed by atoms with Crippen LogP contribution < -0.4 is 0 Å². The van der Waals surface area contributed by atoms with E-state index < -0.39 is 6.10 Å². The zero-order chi connectivity index (χ0) is 11.7. The molecule has 3 nitrogen and oxygen atoms in total. The van der Waals surface area contributed by atoms with Crippen molar-refractivity contribution in [2.75, 3.05) is 0 Å². The molecule has 1 unspecified atom stereocenters. The van der Waals surface area contributed by atoms with Crippen LogP contribution in [-0.2, 0) is 0 Å². The lowest BCUT2D eigenvalue weighted by Crippen LogP contribution is -1.85. The highest BCUT2D eigenvalue weighted by molar-refractivity contribution is 9.11. The molecule has 0 bridgehead atoms. The summed E-state index contributed by atoms with van der Waals surface area (Å²) in [6, 6.07) is 7.56. The number of hydrogen-bond donors (Lipinski definition) is 1.